The largest absolute Gasteiger partial charge is 0.480 e. The van der Waals surface area contributed by atoms with Crippen LogP contribution in [0, 0.1) is 0 Å². The second-order valence-corrected chi connectivity index (χ2v) is 5.46. The SMILES string of the molecule is C/C=C(\C=N/C)N1Cc2nc(-c3cnc(OC)nc3OC)ccc2C1=O. The maximum Gasteiger partial charge on any atom is 0.319 e. The number of nitrogens with zero attached hydrogens (tertiary/aromatic N) is 5. The molecule has 1 amide bonds. The summed E-state index contributed by atoms with van der Waals surface area (Å²) in [5.41, 5.74) is 3.26. The van der Waals surface area contributed by atoms with Gasteiger partial charge in [0, 0.05) is 19.5 Å². The fourth-order valence-electron chi connectivity index (χ4n) is 2.76. The van der Waals surface area contributed by atoms with Gasteiger partial charge in [-0.1, -0.05) is 6.08 Å². The maximum atomic E-state index is 12.6. The van der Waals surface area contributed by atoms with Crippen molar-refractivity contribution in [2.45, 2.75) is 13.5 Å². The number of methoxy groups -OCH3 is 2. The number of aliphatic imine (C=N–C) groups is 1. The van der Waals surface area contributed by atoms with E-state index in [-0.39, 0.29) is 11.9 Å². The number of rotatable bonds is 5. The topological polar surface area (TPSA) is 89.8 Å². The van der Waals surface area contributed by atoms with Crippen LogP contribution >= 0.6 is 0 Å². The Morgan fingerprint density at radius 1 is 1.23 bits per heavy atom. The van der Waals surface area contributed by atoms with Crippen molar-refractivity contribution < 1.29 is 14.3 Å². The van der Waals surface area contributed by atoms with Crippen molar-refractivity contribution in [3.05, 3.63) is 41.4 Å². The summed E-state index contributed by atoms with van der Waals surface area (Å²) in [6, 6.07) is 3.74. The molecule has 0 N–H and O–H groups in total. The number of allylic oxidation sites excluding steroid dienone is 2. The van der Waals surface area contributed by atoms with Crippen LogP contribution in [0.1, 0.15) is 23.0 Å². The molecule has 3 heterocycles. The van der Waals surface area contributed by atoms with Gasteiger partial charge in [-0.15, -0.1) is 0 Å². The monoisotopic (exact) mass is 353 g/mol. The number of carbonyl (C=O) groups excluding carboxylic acids is 1. The van der Waals surface area contributed by atoms with E-state index in [1.807, 2.05) is 13.0 Å². The van der Waals surface area contributed by atoms with Crippen molar-refractivity contribution in [2.24, 2.45) is 4.99 Å². The van der Waals surface area contributed by atoms with E-state index in [2.05, 4.69) is 19.9 Å². The zero-order valence-corrected chi connectivity index (χ0v) is 15.1. The van der Waals surface area contributed by atoms with Crippen LogP contribution in [0.3, 0.4) is 0 Å². The molecule has 0 saturated heterocycles. The predicted molar refractivity (Wildman–Crippen MR) is 96.4 cm³/mol. The summed E-state index contributed by atoms with van der Waals surface area (Å²) >= 11 is 0. The van der Waals surface area contributed by atoms with Crippen molar-refractivity contribution in [2.75, 3.05) is 21.3 Å². The van der Waals surface area contributed by atoms with Gasteiger partial charge >= 0.3 is 6.01 Å². The molecule has 0 saturated carbocycles. The number of hydrogen-bond acceptors (Lipinski definition) is 7. The molecule has 2 aromatic rings. The lowest BCUT2D eigenvalue weighted by molar-refractivity contribution is 0.0834. The van der Waals surface area contributed by atoms with Crippen molar-refractivity contribution in [3.63, 3.8) is 0 Å². The molecule has 0 spiro atoms. The van der Waals surface area contributed by atoms with E-state index in [1.165, 1.54) is 14.2 Å². The van der Waals surface area contributed by atoms with Gasteiger partial charge in [0.2, 0.25) is 5.88 Å². The van der Waals surface area contributed by atoms with Gasteiger partial charge in [-0.25, -0.2) is 9.97 Å². The molecule has 0 unspecified atom stereocenters. The first-order chi connectivity index (χ1) is 12.6. The molecule has 8 nitrogen and oxygen atoms in total. The van der Waals surface area contributed by atoms with Crippen LogP contribution in [0.5, 0.6) is 11.9 Å². The lowest BCUT2D eigenvalue weighted by Gasteiger charge is -2.15. The molecular weight excluding hydrogens is 334 g/mol. The number of ether oxygens (including phenoxy) is 2. The third kappa shape index (κ3) is 3.01. The lowest BCUT2D eigenvalue weighted by Crippen LogP contribution is -2.23. The zero-order chi connectivity index (χ0) is 18.7. The van der Waals surface area contributed by atoms with Crippen LogP contribution < -0.4 is 9.47 Å². The Bertz CT molecular complexity index is 908. The molecule has 1 aliphatic rings. The molecule has 0 atom stereocenters. The molecule has 26 heavy (non-hydrogen) atoms. The zero-order valence-electron chi connectivity index (χ0n) is 15.1. The Hall–Kier alpha value is -3.29. The maximum absolute atomic E-state index is 12.6. The second kappa shape index (κ2) is 7.30. The van der Waals surface area contributed by atoms with Crippen molar-refractivity contribution in [1.82, 2.24) is 19.9 Å². The van der Waals surface area contributed by atoms with Gasteiger partial charge in [0.05, 0.1) is 49.0 Å². The molecule has 1 aliphatic heterocycles. The third-order valence-corrected chi connectivity index (χ3v) is 4.01. The third-order valence-electron chi connectivity index (χ3n) is 4.01. The van der Waals surface area contributed by atoms with E-state index in [4.69, 9.17) is 9.47 Å². The van der Waals surface area contributed by atoms with E-state index >= 15 is 0 Å². The van der Waals surface area contributed by atoms with Crippen LogP contribution in [0.25, 0.3) is 11.3 Å². The Morgan fingerprint density at radius 3 is 2.69 bits per heavy atom. The van der Waals surface area contributed by atoms with Gasteiger partial charge in [0.1, 0.15) is 0 Å². The van der Waals surface area contributed by atoms with Gasteiger partial charge in [-0.2, -0.15) is 4.98 Å². The first kappa shape index (κ1) is 17.5. The highest BCUT2D eigenvalue weighted by Gasteiger charge is 2.30. The lowest BCUT2D eigenvalue weighted by atomic mass is 10.1. The predicted octanol–water partition coefficient (Wildman–Crippen LogP) is 2.12. The van der Waals surface area contributed by atoms with Crippen LogP contribution in [0.15, 0.2) is 35.1 Å². The Morgan fingerprint density at radius 2 is 2.04 bits per heavy atom. The van der Waals surface area contributed by atoms with E-state index in [0.717, 1.165) is 5.70 Å². The summed E-state index contributed by atoms with van der Waals surface area (Å²) in [5, 5.41) is 0. The number of aromatic nitrogens is 3. The first-order valence-corrected chi connectivity index (χ1v) is 7.98. The summed E-state index contributed by atoms with van der Waals surface area (Å²) < 4.78 is 10.3. The smallest absolute Gasteiger partial charge is 0.319 e. The average Bonchev–Trinajstić information content (AvgIpc) is 3.01. The van der Waals surface area contributed by atoms with E-state index < -0.39 is 0 Å². The van der Waals surface area contributed by atoms with Crippen molar-refractivity contribution >= 4 is 12.1 Å². The summed E-state index contributed by atoms with van der Waals surface area (Å²) in [4.78, 5) is 31.2. The highest BCUT2D eigenvalue weighted by atomic mass is 16.5. The Labute approximate surface area is 151 Å². The first-order valence-electron chi connectivity index (χ1n) is 7.98. The van der Waals surface area contributed by atoms with E-state index in [0.29, 0.717) is 34.9 Å². The molecule has 0 fully saturated rings. The molecule has 2 aromatic heterocycles. The molecule has 0 bridgehead atoms. The summed E-state index contributed by atoms with van der Waals surface area (Å²) in [7, 11) is 4.68. The highest BCUT2D eigenvalue weighted by Crippen LogP contribution is 2.31. The Balaban J connectivity index is 1.99. The number of hydrogen-bond donors (Lipinski definition) is 0. The van der Waals surface area contributed by atoms with Crippen molar-refractivity contribution in [1.29, 1.82) is 0 Å². The fraction of sp³-hybridized carbons (Fsp3) is 0.278. The molecule has 0 aromatic carbocycles. The molecular formula is C18H19N5O3. The molecule has 134 valence electrons. The van der Waals surface area contributed by atoms with E-state index in [9.17, 15) is 4.79 Å². The minimum Gasteiger partial charge on any atom is -0.480 e. The Kier molecular flexibility index (Phi) is 4.92. The van der Waals surface area contributed by atoms with Crippen LogP contribution in [0.4, 0.5) is 0 Å². The van der Waals surface area contributed by atoms with E-state index in [1.54, 1.807) is 36.5 Å². The number of amides is 1. The number of carbonyl (C=O) groups is 1. The van der Waals surface area contributed by atoms with Crippen molar-refractivity contribution in [3.8, 4) is 23.1 Å². The van der Waals surface area contributed by atoms with Gasteiger partial charge in [0.15, 0.2) is 0 Å². The summed E-state index contributed by atoms with van der Waals surface area (Å²) in [6.07, 6.45) is 5.10. The number of pyridine rings is 1. The highest BCUT2D eigenvalue weighted by molar-refractivity contribution is 6.02. The van der Waals surface area contributed by atoms with Gasteiger partial charge in [0.25, 0.3) is 5.91 Å². The summed E-state index contributed by atoms with van der Waals surface area (Å²) in [6.45, 7) is 2.25. The van der Waals surface area contributed by atoms with Crippen LogP contribution in [0.2, 0.25) is 0 Å². The second-order valence-electron chi connectivity index (χ2n) is 5.46. The molecule has 0 radical (unpaired) electrons. The van der Waals surface area contributed by atoms with Gasteiger partial charge in [-0.05, 0) is 19.1 Å². The van der Waals surface area contributed by atoms with Crippen LogP contribution in [-0.4, -0.2) is 53.2 Å². The number of fused-ring (bicyclic) bond motifs is 1. The minimum atomic E-state index is -0.0926. The molecule has 3 rings (SSSR count). The van der Waals surface area contributed by atoms with Crippen LogP contribution in [-0.2, 0) is 6.54 Å². The molecule has 0 aliphatic carbocycles. The fourth-order valence-corrected chi connectivity index (χ4v) is 2.76. The summed E-state index contributed by atoms with van der Waals surface area (Å²) in [5.74, 6) is 0.266. The van der Waals surface area contributed by atoms with Gasteiger partial charge in [-0.3, -0.25) is 9.79 Å². The quantitative estimate of drug-likeness (QED) is 0.765. The standard InChI is InChI=1S/C18H19N5O3/c1-5-11(8-19-2)23-10-15-12(17(23)24)6-7-14(21-15)13-9-20-18(26-4)22-16(13)25-3/h5-9H,10H2,1-4H3/b11-5+,19-8-. The van der Waals surface area contributed by atoms with Gasteiger partial charge < -0.3 is 14.4 Å². The normalized spacial score (nSPS) is 14.1. The minimum absolute atomic E-state index is 0.0926. The average molecular weight is 353 g/mol. The molecule has 8 heteroatoms.